The van der Waals surface area contributed by atoms with Crippen molar-refractivity contribution < 1.29 is 8.42 Å². The molecule has 1 heterocycles. The van der Waals surface area contributed by atoms with Crippen LogP contribution in [0.15, 0.2) is 29.2 Å². The highest BCUT2D eigenvalue weighted by molar-refractivity contribution is 7.89. The van der Waals surface area contributed by atoms with Crippen LogP contribution in [0, 0.1) is 0 Å². The Balaban J connectivity index is 2.43. The fourth-order valence-corrected chi connectivity index (χ4v) is 5.63. The fraction of sp³-hybridized carbons (Fsp3) is 0.467. The van der Waals surface area contributed by atoms with Gasteiger partial charge in [0.2, 0.25) is 10.0 Å². The fourth-order valence-electron chi connectivity index (χ4n) is 2.30. The Morgan fingerprint density at radius 1 is 1.24 bits per heavy atom. The summed E-state index contributed by atoms with van der Waals surface area (Å²) in [6.07, 6.45) is 2.99. The van der Waals surface area contributed by atoms with E-state index in [9.17, 15) is 8.42 Å². The van der Waals surface area contributed by atoms with Gasteiger partial charge in [0.25, 0.3) is 0 Å². The molecule has 0 aliphatic rings. The Hall–Kier alpha value is -0.620. The second-order valence-corrected chi connectivity index (χ2v) is 8.40. The minimum atomic E-state index is -3.49. The predicted molar refractivity (Wildman–Crippen MR) is 90.7 cm³/mol. The van der Waals surface area contributed by atoms with Gasteiger partial charge in [-0.05, 0) is 12.5 Å². The molecule has 1 aromatic carbocycles. The van der Waals surface area contributed by atoms with Gasteiger partial charge in [-0.1, -0.05) is 38.0 Å². The number of hydrogen-bond donors (Lipinski definition) is 0. The van der Waals surface area contributed by atoms with E-state index >= 15 is 0 Å². The summed E-state index contributed by atoms with van der Waals surface area (Å²) in [6, 6.07) is 7.57. The van der Waals surface area contributed by atoms with Gasteiger partial charge in [0.05, 0.1) is 5.88 Å². The molecule has 0 amide bonds. The van der Waals surface area contributed by atoms with Crippen molar-refractivity contribution in [2.45, 2.75) is 37.0 Å². The molecule has 0 aliphatic carbocycles. The lowest BCUT2D eigenvalue weighted by Crippen LogP contribution is -2.28. The van der Waals surface area contributed by atoms with Crippen LogP contribution >= 0.6 is 22.9 Å². The van der Waals surface area contributed by atoms with Gasteiger partial charge >= 0.3 is 0 Å². The summed E-state index contributed by atoms with van der Waals surface area (Å²) in [7, 11) is -1.84. The molecule has 0 fully saturated rings. The molecule has 3 nitrogen and oxygen atoms in total. The van der Waals surface area contributed by atoms with E-state index in [-0.39, 0.29) is 5.88 Å². The van der Waals surface area contributed by atoms with Gasteiger partial charge in [0.1, 0.15) is 4.90 Å². The molecule has 1 aromatic heterocycles. The zero-order valence-electron chi connectivity index (χ0n) is 12.3. The van der Waals surface area contributed by atoms with E-state index in [1.807, 2.05) is 24.3 Å². The molecule has 0 aliphatic heterocycles. The molecule has 116 valence electrons. The molecule has 2 rings (SSSR count). The Labute approximate surface area is 135 Å². The summed E-state index contributed by atoms with van der Waals surface area (Å²) in [6.45, 7) is 2.65. The number of halogens is 1. The van der Waals surface area contributed by atoms with Gasteiger partial charge in [0.15, 0.2) is 0 Å². The van der Waals surface area contributed by atoms with Crippen LogP contribution in [0.2, 0.25) is 0 Å². The molecule has 2 aromatic rings. The van der Waals surface area contributed by atoms with Gasteiger partial charge < -0.3 is 0 Å². The maximum atomic E-state index is 12.9. The molecule has 6 heteroatoms. The van der Waals surface area contributed by atoms with Crippen molar-refractivity contribution in [2.24, 2.45) is 0 Å². The second-order valence-electron chi connectivity index (χ2n) is 5.02. The average Bonchev–Trinajstić information content (AvgIpc) is 2.86. The molecule has 21 heavy (non-hydrogen) atoms. The second kappa shape index (κ2) is 7.09. The number of fused-ring (bicyclic) bond motifs is 1. The summed E-state index contributed by atoms with van der Waals surface area (Å²) in [5.41, 5.74) is 0. The number of thiophene rings is 1. The van der Waals surface area contributed by atoms with Gasteiger partial charge in [-0.2, -0.15) is 0 Å². The lowest BCUT2D eigenvalue weighted by atomic mass is 10.2. The van der Waals surface area contributed by atoms with Crippen molar-refractivity contribution in [3.63, 3.8) is 0 Å². The number of hydrogen-bond acceptors (Lipinski definition) is 3. The van der Waals surface area contributed by atoms with Crippen molar-refractivity contribution >= 4 is 43.0 Å². The van der Waals surface area contributed by atoms with Crippen molar-refractivity contribution in [1.82, 2.24) is 4.31 Å². The maximum absolute atomic E-state index is 12.9. The molecule has 0 unspecified atom stereocenters. The minimum absolute atomic E-state index is 0.219. The standard InChI is InChI=1S/C15H20ClNO2S2/c1-3-4-7-10-17(2)21(18,19)15-12-8-5-6-9-13(12)20-14(15)11-16/h5-6,8-9H,3-4,7,10-11H2,1-2H3. The van der Waals surface area contributed by atoms with E-state index in [1.54, 1.807) is 7.05 Å². The first-order valence-corrected chi connectivity index (χ1v) is 9.84. The molecule has 0 saturated carbocycles. The minimum Gasteiger partial charge on any atom is -0.207 e. The Kier molecular flexibility index (Phi) is 5.66. The predicted octanol–water partition coefficient (Wildman–Crippen LogP) is 4.45. The highest BCUT2D eigenvalue weighted by Gasteiger charge is 2.27. The third-order valence-electron chi connectivity index (χ3n) is 3.48. The molecule has 0 saturated heterocycles. The summed E-state index contributed by atoms with van der Waals surface area (Å²) in [5.74, 6) is 0.219. The quantitative estimate of drug-likeness (QED) is 0.549. The molecule has 0 radical (unpaired) electrons. The summed E-state index contributed by atoms with van der Waals surface area (Å²) < 4.78 is 28.1. The van der Waals surface area contributed by atoms with Crippen molar-refractivity contribution in [1.29, 1.82) is 0 Å². The smallest absolute Gasteiger partial charge is 0.207 e. The van der Waals surface area contributed by atoms with Crippen molar-refractivity contribution in [2.75, 3.05) is 13.6 Å². The zero-order valence-corrected chi connectivity index (χ0v) is 14.7. The normalized spacial score (nSPS) is 12.4. The van der Waals surface area contributed by atoms with E-state index in [2.05, 4.69) is 6.92 Å². The third-order valence-corrected chi connectivity index (χ3v) is 7.20. The van der Waals surface area contributed by atoms with E-state index in [4.69, 9.17) is 11.6 Å². The highest BCUT2D eigenvalue weighted by atomic mass is 35.5. The van der Waals surface area contributed by atoms with Gasteiger partial charge in [-0.3, -0.25) is 0 Å². The first-order chi connectivity index (χ1) is 10.0. The Bertz CT molecular complexity index is 710. The van der Waals surface area contributed by atoms with Crippen LogP contribution in [0.3, 0.4) is 0 Å². The van der Waals surface area contributed by atoms with Gasteiger partial charge in [0, 0.05) is 28.6 Å². The SMILES string of the molecule is CCCCCN(C)S(=O)(=O)c1c(CCl)sc2ccccc12. The van der Waals surface area contributed by atoms with Crippen molar-refractivity contribution in [3.05, 3.63) is 29.1 Å². The van der Waals surface area contributed by atoms with Crippen LogP contribution in [0.1, 0.15) is 31.1 Å². The number of rotatable bonds is 7. The molecule has 0 N–H and O–H groups in total. The molecule has 0 atom stereocenters. The van der Waals surface area contributed by atoms with Crippen LogP contribution in [0.25, 0.3) is 10.1 Å². The first-order valence-electron chi connectivity index (χ1n) is 7.05. The number of alkyl halides is 1. The van der Waals surface area contributed by atoms with Crippen LogP contribution in [-0.2, 0) is 15.9 Å². The number of unbranched alkanes of at least 4 members (excludes halogenated alkanes) is 2. The monoisotopic (exact) mass is 345 g/mol. The lowest BCUT2D eigenvalue weighted by molar-refractivity contribution is 0.454. The topological polar surface area (TPSA) is 37.4 Å². The number of benzene rings is 1. The van der Waals surface area contributed by atoms with E-state index < -0.39 is 10.0 Å². The highest BCUT2D eigenvalue weighted by Crippen LogP contribution is 2.36. The van der Waals surface area contributed by atoms with Crippen LogP contribution in [0.4, 0.5) is 0 Å². The molecule has 0 spiro atoms. The van der Waals surface area contributed by atoms with Crippen LogP contribution in [0.5, 0.6) is 0 Å². The van der Waals surface area contributed by atoms with Crippen molar-refractivity contribution in [3.8, 4) is 0 Å². The molecular weight excluding hydrogens is 326 g/mol. The molecule has 0 bridgehead atoms. The Morgan fingerprint density at radius 2 is 1.95 bits per heavy atom. The van der Waals surface area contributed by atoms with Gasteiger partial charge in [-0.25, -0.2) is 12.7 Å². The third kappa shape index (κ3) is 3.42. The summed E-state index contributed by atoms with van der Waals surface area (Å²) >= 11 is 7.43. The molecular formula is C15H20ClNO2S2. The van der Waals surface area contributed by atoms with Crippen LogP contribution in [-0.4, -0.2) is 26.3 Å². The van der Waals surface area contributed by atoms with E-state index in [0.29, 0.717) is 11.4 Å². The first kappa shape index (κ1) is 16.7. The summed E-state index contributed by atoms with van der Waals surface area (Å²) in [5, 5.41) is 0.778. The zero-order chi connectivity index (χ0) is 15.5. The lowest BCUT2D eigenvalue weighted by Gasteiger charge is -2.17. The average molecular weight is 346 g/mol. The Morgan fingerprint density at radius 3 is 2.62 bits per heavy atom. The van der Waals surface area contributed by atoms with Gasteiger partial charge in [-0.15, -0.1) is 22.9 Å². The largest absolute Gasteiger partial charge is 0.244 e. The number of nitrogens with zero attached hydrogens (tertiary/aromatic N) is 1. The maximum Gasteiger partial charge on any atom is 0.244 e. The van der Waals surface area contributed by atoms with E-state index in [0.717, 1.165) is 34.2 Å². The van der Waals surface area contributed by atoms with Crippen LogP contribution < -0.4 is 0 Å². The summed E-state index contributed by atoms with van der Waals surface area (Å²) in [4.78, 5) is 1.11. The van der Waals surface area contributed by atoms with E-state index in [1.165, 1.54) is 15.6 Å². The number of sulfonamides is 1.